The summed E-state index contributed by atoms with van der Waals surface area (Å²) in [5.74, 6) is 1.86. The summed E-state index contributed by atoms with van der Waals surface area (Å²) in [6.45, 7) is 3.19. The zero-order valence-electron chi connectivity index (χ0n) is 15.6. The van der Waals surface area contributed by atoms with E-state index >= 15 is 0 Å². The van der Waals surface area contributed by atoms with E-state index in [0.717, 1.165) is 31.3 Å². The minimum Gasteiger partial charge on any atom is -0.497 e. The summed E-state index contributed by atoms with van der Waals surface area (Å²) in [5, 5.41) is 7.15. The van der Waals surface area contributed by atoms with Gasteiger partial charge >= 0.3 is 0 Å². The average molecular weight is 345 g/mol. The van der Waals surface area contributed by atoms with Crippen LogP contribution in [-0.2, 0) is 0 Å². The number of ether oxygens (including phenoxy) is 1. The average Bonchev–Trinajstić information content (AvgIpc) is 3.35. The summed E-state index contributed by atoms with van der Waals surface area (Å²) in [5.41, 5.74) is 1.31. The Morgan fingerprint density at radius 1 is 1.24 bits per heavy atom. The highest BCUT2D eigenvalue weighted by Crippen LogP contribution is 2.27. The van der Waals surface area contributed by atoms with Gasteiger partial charge in [0.1, 0.15) is 5.75 Å². The van der Waals surface area contributed by atoms with Crippen molar-refractivity contribution in [1.82, 2.24) is 15.5 Å². The van der Waals surface area contributed by atoms with Crippen LogP contribution in [0.3, 0.4) is 0 Å². The van der Waals surface area contributed by atoms with Gasteiger partial charge in [-0.3, -0.25) is 9.89 Å². The molecule has 1 aromatic carbocycles. The fourth-order valence-electron chi connectivity index (χ4n) is 4.01. The zero-order chi connectivity index (χ0) is 17.5. The van der Waals surface area contributed by atoms with Gasteiger partial charge in [0, 0.05) is 19.6 Å². The molecule has 1 heterocycles. The molecule has 3 rings (SSSR count). The second-order valence-electron chi connectivity index (χ2n) is 7.11. The van der Waals surface area contributed by atoms with Crippen LogP contribution in [0.15, 0.2) is 29.3 Å². The number of hydrogen-bond donors (Lipinski definition) is 2. The highest BCUT2D eigenvalue weighted by molar-refractivity contribution is 5.80. The van der Waals surface area contributed by atoms with Crippen molar-refractivity contribution < 1.29 is 4.74 Å². The Labute approximate surface area is 151 Å². The SMILES string of the molecule is CN=C(NCC(c1cccc(OC)c1)N1CCCC1)NC1CCCC1. The third-order valence-corrected chi connectivity index (χ3v) is 5.44. The molecule has 1 saturated heterocycles. The van der Waals surface area contributed by atoms with E-state index < -0.39 is 0 Å². The van der Waals surface area contributed by atoms with Crippen LogP contribution in [0.25, 0.3) is 0 Å². The fourth-order valence-corrected chi connectivity index (χ4v) is 4.01. The zero-order valence-corrected chi connectivity index (χ0v) is 15.6. The Morgan fingerprint density at radius 3 is 2.68 bits per heavy atom. The number of aliphatic imine (C=N–C) groups is 1. The minimum atomic E-state index is 0.347. The number of nitrogens with one attached hydrogen (secondary N) is 2. The summed E-state index contributed by atoms with van der Waals surface area (Å²) in [7, 11) is 3.59. The van der Waals surface area contributed by atoms with Gasteiger partial charge in [-0.15, -0.1) is 0 Å². The van der Waals surface area contributed by atoms with E-state index in [1.165, 1.54) is 44.1 Å². The van der Waals surface area contributed by atoms with E-state index in [1.54, 1.807) is 7.11 Å². The Morgan fingerprint density at radius 2 is 2.00 bits per heavy atom. The molecule has 5 nitrogen and oxygen atoms in total. The summed E-state index contributed by atoms with van der Waals surface area (Å²) < 4.78 is 5.43. The molecule has 0 amide bonds. The second kappa shape index (κ2) is 9.09. The van der Waals surface area contributed by atoms with E-state index in [-0.39, 0.29) is 0 Å². The monoisotopic (exact) mass is 344 g/mol. The second-order valence-corrected chi connectivity index (χ2v) is 7.11. The largest absolute Gasteiger partial charge is 0.497 e. The van der Waals surface area contributed by atoms with Crippen LogP contribution in [0.1, 0.15) is 50.1 Å². The molecule has 2 N–H and O–H groups in total. The molecule has 2 aliphatic rings. The van der Waals surface area contributed by atoms with Gasteiger partial charge in [-0.25, -0.2) is 0 Å². The normalized spacial score (nSPS) is 20.6. The molecule has 25 heavy (non-hydrogen) atoms. The van der Waals surface area contributed by atoms with Gasteiger partial charge in [0.2, 0.25) is 0 Å². The van der Waals surface area contributed by atoms with Crippen molar-refractivity contribution in [3.63, 3.8) is 0 Å². The molecule has 0 aromatic heterocycles. The molecule has 5 heteroatoms. The predicted octanol–water partition coefficient (Wildman–Crippen LogP) is 2.94. The van der Waals surface area contributed by atoms with Gasteiger partial charge in [-0.2, -0.15) is 0 Å². The lowest BCUT2D eigenvalue weighted by Gasteiger charge is -2.29. The van der Waals surface area contributed by atoms with Crippen molar-refractivity contribution in [2.45, 2.75) is 50.6 Å². The lowest BCUT2D eigenvalue weighted by atomic mass is 10.1. The van der Waals surface area contributed by atoms with Crippen LogP contribution >= 0.6 is 0 Å². The third-order valence-electron chi connectivity index (χ3n) is 5.44. The molecular formula is C20H32N4O. The summed E-state index contributed by atoms with van der Waals surface area (Å²) in [4.78, 5) is 7.00. The number of benzene rings is 1. The van der Waals surface area contributed by atoms with Gasteiger partial charge < -0.3 is 15.4 Å². The van der Waals surface area contributed by atoms with Crippen LogP contribution in [0.2, 0.25) is 0 Å². The number of methoxy groups -OCH3 is 1. The number of guanidine groups is 1. The highest BCUT2D eigenvalue weighted by atomic mass is 16.5. The quantitative estimate of drug-likeness (QED) is 0.615. The Bertz CT molecular complexity index is 563. The number of rotatable bonds is 6. The lowest BCUT2D eigenvalue weighted by Crippen LogP contribution is -2.45. The first-order chi connectivity index (χ1) is 12.3. The Hall–Kier alpha value is -1.75. The molecule has 1 unspecified atom stereocenters. The van der Waals surface area contributed by atoms with Crippen LogP contribution in [0.5, 0.6) is 5.75 Å². The fraction of sp³-hybridized carbons (Fsp3) is 0.650. The molecule has 1 aromatic rings. The van der Waals surface area contributed by atoms with Crippen molar-refractivity contribution >= 4 is 5.96 Å². The predicted molar refractivity (Wildman–Crippen MR) is 103 cm³/mol. The van der Waals surface area contributed by atoms with E-state index in [4.69, 9.17) is 4.74 Å². The minimum absolute atomic E-state index is 0.347. The molecule has 0 spiro atoms. The summed E-state index contributed by atoms with van der Waals surface area (Å²) in [6, 6.07) is 9.40. The smallest absolute Gasteiger partial charge is 0.191 e. The van der Waals surface area contributed by atoms with E-state index in [1.807, 2.05) is 13.1 Å². The standard InChI is InChI=1S/C20H32N4O/c1-21-20(23-17-9-3-4-10-17)22-15-19(24-12-5-6-13-24)16-8-7-11-18(14-16)25-2/h7-8,11,14,17,19H,3-6,9-10,12-13,15H2,1-2H3,(H2,21,22,23). The highest BCUT2D eigenvalue weighted by Gasteiger charge is 2.24. The molecule has 1 aliphatic carbocycles. The number of likely N-dealkylation sites (tertiary alicyclic amines) is 1. The molecule has 2 fully saturated rings. The third kappa shape index (κ3) is 4.88. The van der Waals surface area contributed by atoms with Crippen molar-refractivity contribution in [2.75, 3.05) is 33.8 Å². The first-order valence-electron chi connectivity index (χ1n) is 9.65. The molecule has 0 radical (unpaired) electrons. The van der Waals surface area contributed by atoms with Crippen molar-refractivity contribution in [2.24, 2.45) is 4.99 Å². The van der Waals surface area contributed by atoms with Gasteiger partial charge in [0.15, 0.2) is 5.96 Å². The number of nitrogens with zero attached hydrogens (tertiary/aromatic N) is 2. The van der Waals surface area contributed by atoms with Crippen molar-refractivity contribution in [3.05, 3.63) is 29.8 Å². The van der Waals surface area contributed by atoms with Gasteiger partial charge in [0.25, 0.3) is 0 Å². The van der Waals surface area contributed by atoms with Crippen LogP contribution < -0.4 is 15.4 Å². The number of hydrogen-bond acceptors (Lipinski definition) is 3. The molecule has 0 bridgehead atoms. The van der Waals surface area contributed by atoms with E-state index in [0.29, 0.717) is 12.1 Å². The summed E-state index contributed by atoms with van der Waals surface area (Å²) in [6.07, 6.45) is 7.74. The van der Waals surface area contributed by atoms with Crippen LogP contribution in [-0.4, -0.2) is 50.7 Å². The topological polar surface area (TPSA) is 48.9 Å². The Balaban J connectivity index is 1.66. The maximum Gasteiger partial charge on any atom is 0.191 e. The maximum atomic E-state index is 5.43. The first-order valence-corrected chi connectivity index (χ1v) is 9.65. The first kappa shape index (κ1) is 18.1. The lowest BCUT2D eigenvalue weighted by molar-refractivity contribution is 0.244. The van der Waals surface area contributed by atoms with Crippen molar-refractivity contribution in [3.8, 4) is 5.75 Å². The van der Waals surface area contributed by atoms with Crippen molar-refractivity contribution in [1.29, 1.82) is 0 Å². The maximum absolute atomic E-state index is 5.43. The van der Waals surface area contributed by atoms with Gasteiger partial charge in [-0.1, -0.05) is 25.0 Å². The van der Waals surface area contributed by atoms with Gasteiger partial charge in [0.05, 0.1) is 13.2 Å². The van der Waals surface area contributed by atoms with E-state index in [9.17, 15) is 0 Å². The molecule has 1 saturated carbocycles. The van der Waals surface area contributed by atoms with Crippen LogP contribution in [0.4, 0.5) is 0 Å². The van der Waals surface area contributed by atoms with Gasteiger partial charge in [-0.05, 0) is 56.5 Å². The Kier molecular flexibility index (Phi) is 6.56. The molecule has 1 atom stereocenters. The van der Waals surface area contributed by atoms with Crippen LogP contribution in [0, 0.1) is 0 Å². The van der Waals surface area contributed by atoms with E-state index in [2.05, 4.69) is 38.7 Å². The molecule has 1 aliphatic heterocycles. The molecule has 138 valence electrons. The summed E-state index contributed by atoms with van der Waals surface area (Å²) >= 11 is 0. The molecular weight excluding hydrogens is 312 g/mol.